The van der Waals surface area contributed by atoms with Gasteiger partial charge < -0.3 is 5.32 Å². The van der Waals surface area contributed by atoms with Crippen LogP contribution in [0.2, 0.25) is 0 Å². The molecule has 8 nitrogen and oxygen atoms in total. The monoisotopic (exact) mass is 387 g/mol. The van der Waals surface area contributed by atoms with Crippen LogP contribution in [0.3, 0.4) is 0 Å². The number of sulfonamides is 2. The second-order valence-electron chi connectivity index (χ2n) is 6.69. The van der Waals surface area contributed by atoms with E-state index in [9.17, 15) is 21.6 Å². The second-order valence-corrected chi connectivity index (χ2v) is 10.1. The zero-order valence-corrected chi connectivity index (χ0v) is 15.4. The lowest BCUT2D eigenvalue weighted by molar-refractivity contribution is 0.0909. The molecule has 2 heterocycles. The molecule has 10 heteroatoms. The molecule has 0 aliphatic carbocycles. The summed E-state index contributed by atoms with van der Waals surface area (Å²) in [5.41, 5.74) is 0.338. The van der Waals surface area contributed by atoms with E-state index in [2.05, 4.69) is 5.32 Å². The number of amides is 1. The lowest BCUT2D eigenvalue weighted by atomic mass is 9.99. The lowest BCUT2D eigenvalue weighted by Gasteiger charge is -2.37. The molecule has 25 heavy (non-hydrogen) atoms. The molecule has 2 unspecified atom stereocenters. The molecule has 2 aliphatic heterocycles. The summed E-state index contributed by atoms with van der Waals surface area (Å²) in [5, 5.41) is 7.96. The number of nitrogens with one attached hydrogen (secondary N) is 1. The van der Waals surface area contributed by atoms with E-state index in [0.717, 1.165) is 12.8 Å². The van der Waals surface area contributed by atoms with E-state index in [1.165, 1.54) is 30.5 Å². The van der Waals surface area contributed by atoms with Crippen LogP contribution in [0.4, 0.5) is 0 Å². The van der Waals surface area contributed by atoms with Gasteiger partial charge in [-0.15, -0.1) is 0 Å². The largest absolute Gasteiger partial charge is 0.349 e. The molecule has 0 aromatic heterocycles. The molecule has 2 saturated heterocycles. The summed E-state index contributed by atoms with van der Waals surface area (Å²) in [5.74, 6) is -0.307. The standard InChI is InChI=1S/C15H21N3O5S2/c1-24(20,21)18-12-4-5-13(18)9-11(8-12)17-15(19)10-2-6-14(7-3-10)25(16,22)23/h2-3,6-7,11-13H,4-5,8-9H2,1H3,(H,17,19)(H2,16,22,23). The van der Waals surface area contributed by atoms with Gasteiger partial charge in [0.1, 0.15) is 0 Å². The van der Waals surface area contributed by atoms with E-state index >= 15 is 0 Å². The topological polar surface area (TPSA) is 127 Å². The zero-order chi connectivity index (χ0) is 18.4. The fraction of sp³-hybridized carbons (Fsp3) is 0.533. The molecule has 3 N–H and O–H groups in total. The van der Waals surface area contributed by atoms with Crippen LogP contribution in [-0.4, -0.2) is 51.4 Å². The fourth-order valence-electron chi connectivity index (χ4n) is 3.86. The maximum Gasteiger partial charge on any atom is 0.251 e. The number of carbonyl (C=O) groups excluding carboxylic acids is 1. The first-order chi connectivity index (χ1) is 11.6. The first kappa shape index (κ1) is 18.3. The van der Waals surface area contributed by atoms with Crippen LogP contribution in [0.5, 0.6) is 0 Å². The minimum Gasteiger partial charge on any atom is -0.349 e. The molecule has 2 fully saturated rings. The molecule has 2 atom stereocenters. The number of primary sulfonamides is 1. The van der Waals surface area contributed by atoms with Crippen molar-refractivity contribution in [2.24, 2.45) is 5.14 Å². The van der Waals surface area contributed by atoms with Gasteiger partial charge in [-0.3, -0.25) is 4.79 Å². The maximum absolute atomic E-state index is 12.4. The van der Waals surface area contributed by atoms with E-state index < -0.39 is 20.0 Å². The van der Waals surface area contributed by atoms with Gasteiger partial charge in [0.05, 0.1) is 11.2 Å². The van der Waals surface area contributed by atoms with E-state index in [1.807, 2.05) is 0 Å². The summed E-state index contributed by atoms with van der Waals surface area (Å²) in [7, 11) is -7.03. The van der Waals surface area contributed by atoms with Gasteiger partial charge in [0.15, 0.2) is 0 Å². The summed E-state index contributed by atoms with van der Waals surface area (Å²) in [6.45, 7) is 0. The summed E-state index contributed by atoms with van der Waals surface area (Å²) < 4.78 is 47.8. The Morgan fingerprint density at radius 3 is 2.04 bits per heavy atom. The van der Waals surface area contributed by atoms with Gasteiger partial charge in [-0.1, -0.05) is 0 Å². The first-order valence-electron chi connectivity index (χ1n) is 7.98. The SMILES string of the molecule is CS(=O)(=O)N1C2CCC1CC(NC(=O)c1ccc(S(N)(=O)=O)cc1)C2. The Bertz CT molecular complexity index is 866. The van der Waals surface area contributed by atoms with Crippen molar-refractivity contribution in [3.8, 4) is 0 Å². The smallest absolute Gasteiger partial charge is 0.251 e. The lowest BCUT2D eigenvalue weighted by Crippen LogP contribution is -2.52. The van der Waals surface area contributed by atoms with Gasteiger partial charge in [0.25, 0.3) is 5.91 Å². The van der Waals surface area contributed by atoms with Crippen LogP contribution in [0.15, 0.2) is 29.2 Å². The van der Waals surface area contributed by atoms with Crippen molar-refractivity contribution < 1.29 is 21.6 Å². The predicted molar refractivity (Wildman–Crippen MR) is 91.8 cm³/mol. The van der Waals surface area contributed by atoms with E-state index in [0.29, 0.717) is 18.4 Å². The second kappa shape index (κ2) is 6.35. The molecule has 1 amide bonds. The van der Waals surface area contributed by atoms with Crippen molar-refractivity contribution >= 4 is 26.0 Å². The van der Waals surface area contributed by atoms with Gasteiger partial charge in [0, 0.05) is 23.7 Å². The van der Waals surface area contributed by atoms with Crippen LogP contribution in [0, 0.1) is 0 Å². The number of nitrogens with zero attached hydrogens (tertiary/aromatic N) is 1. The van der Waals surface area contributed by atoms with Gasteiger partial charge in [0.2, 0.25) is 20.0 Å². The van der Waals surface area contributed by atoms with Crippen molar-refractivity contribution in [1.29, 1.82) is 0 Å². The van der Waals surface area contributed by atoms with Crippen LogP contribution < -0.4 is 10.5 Å². The molecule has 0 radical (unpaired) electrons. The Kier molecular flexibility index (Phi) is 4.65. The minimum absolute atomic E-state index is 0.0523. The van der Waals surface area contributed by atoms with Crippen LogP contribution in [0.1, 0.15) is 36.0 Å². The number of fused-ring (bicyclic) bond motifs is 2. The summed E-state index contributed by atoms with van der Waals surface area (Å²) in [4.78, 5) is 12.3. The van der Waals surface area contributed by atoms with Crippen LogP contribution >= 0.6 is 0 Å². The predicted octanol–water partition coefficient (Wildman–Crippen LogP) is 0.0188. The summed E-state index contributed by atoms with van der Waals surface area (Å²) >= 11 is 0. The number of piperidine rings is 1. The Morgan fingerprint density at radius 1 is 1.08 bits per heavy atom. The number of benzene rings is 1. The van der Waals surface area contributed by atoms with Crippen LogP contribution in [0.25, 0.3) is 0 Å². The molecule has 138 valence electrons. The Labute approximate surface area is 147 Å². The molecule has 1 aromatic rings. The van der Waals surface area contributed by atoms with E-state index in [4.69, 9.17) is 5.14 Å². The third-order valence-corrected chi connectivity index (χ3v) is 7.12. The number of hydrogen-bond acceptors (Lipinski definition) is 5. The van der Waals surface area contributed by atoms with Gasteiger partial charge in [-0.05, 0) is 49.9 Å². The summed E-state index contributed by atoms with van der Waals surface area (Å²) in [6, 6.07) is 5.18. The molecule has 2 bridgehead atoms. The molecule has 0 spiro atoms. The zero-order valence-electron chi connectivity index (χ0n) is 13.8. The number of hydrogen-bond donors (Lipinski definition) is 2. The third-order valence-electron chi connectivity index (χ3n) is 4.83. The Balaban J connectivity index is 1.67. The highest BCUT2D eigenvalue weighted by Gasteiger charge is 2.45. The van der Waals surface area contributed by atoms with Gasteiger partial charge in [-0.25, -0.2) is 22.0 Å². The molecular formula is C15H21N3O5S2. The van der Waals surface area contributed by atoms with E-state index in [1.54, 1.807) is 4.31 Å². The van der Waals surface area contributed by atoms with Gasteiger partial charge >= 0.3 is 0 Å². The van der Waals surface area contributed by atoms with Crippen LogP contribution in [-0.2, 0) is 20.0 Å². The highest BCUT2D eigenvalue weighted by Crippen LogP contribution is 2.37. The molecule has 1 aromatic carbocycles. The number of rotatable bonds is 4. The fourth-order valence-corrected chi connectivity index (χ4v) is 5.84. The third kappa shape index (κ3) is 3.86. The average Bonchev–Trinajstić information content (AvgIpc) is 2.79. The first-order valence-corrected chi connectivity index (χ1v) is 11.4. The molecule has 3 rings (SSSR count). The van der Waals surface area contributed by atoms with Crippen molar-refractivity contribution in [2.45, 2.75) is 48.7 Å². The minimum atomic E-state index is -3.79. The quantitative estimate of drug-likeness (QED) is 0.753. The average molecular weight is 387 g/mol. The van der Waals surface area contributed by atoms with Gasteiger partial charge in [-0.2, -0.15) is 4.31 Å². The van der Waals surface area contributed by atoms with Crippen molar-refractivity contribution in [3.05, 3.63) is 29.8 Å². The maximum atomic E-state index is 12.4. The summed E-state index contributed by atoms with van der Waals surface area (Å²) in [6.07, 6.45) is 4.03. The van der Waals surface area contributed by atoms with E-state index in [-0.39, 0.29) is 28.9 Å². The molecular weight excluding hydrogens is 366 g/mol. The normalized spacial score (nSPS) is 27.2. The number of carbonyl (C=O) groups is 1. The number of nitrogens with two attached hydrogens (primary N) is 1. The van der Waals surface area contributed by atoms with Crippen molar-refractivity contribution in [3.63, 3.8) is 0 Å². The van der Waals surface area contributed by atoms with Crippen molar-refractivity contribution in [2.75, 3.05) is 6.26 Å². The Hall–Kier alpha value is -1.49. The highest BCUT2D eigenvalue weighted by atomic mass is 32.2. The molecule has 0 saturated carbocycles. The van der Waals surface area contributed by atoms with Crippen molar-refractivity contribution in [1.82, 2.24) is 9.62 Å². The highest BCUT2D eigenvalue weighted by molar-refractivity contribution is 7.89. The Morgan fingerprint density at radius 2 is 1.60 bits per heavy atom. The molecule has 2 aliphatic rings.